The standard InChI is InChI=1S/C14H29N3O2S/c1-5-8-14(9-6-2,12(15)17-19)13(18)16-10-7-11(3)20-4/h11,19H,5-10H2,1-4H3,(H2,15,17)(H,16,18). The molecule has 6 heteroatoms. The van der Waals surface area contributed by atoms with Gasteiger partial charge in [-0.1, -0.05) is 38.8 Å². The number of nitrogens with two attached hydrogens (primary N) is 1. The molecule has 0 radical (unpaired) electrons. The number of oxime groups is 1. The van der Waals surface area contributed by atoms with Crippen LogP contribution in [-0.4, -0.2) is 35.0 Å². The molecule has 118 valence electrons. The number of thioether (sulfide) groups is 1. The van der Waals surface area contributed by atoms with Gasteiger partial charge < -0.3 is 16.3 Å². The minimum atomic E-state index is -0.874. The SMILES string of the molecule is CCCC(CCC)(C(=O)NCCC(C)SC)C(N)=NO. The molecule has 0 aromatic rings. The molecule has 0 saturated carbocycles. The molecule has 4 N–H and O–H groups in total. The van der Waals surface area contributed by atoms with Gasteiger partial charge in [0.25, 0.3) is 0 Å². The Balaban J connectivity index is 4.87. The Hall–Kier alpha value is -0.910. The third-order valence-corrected chi connectivity index (χ3v) is 4.67. The Labute approximate surface area is 126 Å². The maximum absolute atomic E-state index is 12.5. The van der Waals surface area contributed by atoms with E-state index in [2.05, 4.69) is 23.7 Å². The van der Waals surface area contributed by atoms with E-state index in [4.69, 9.17) is 10.9 Å². The number of amides is 1. The van der Waals surface area contributed by atoms with Gasteiger partial charge in [0, 0.05) is 11.8 Å². The van der Waals surface area contributed by atoms with Crippen LogP contribution in [0.4, 0.5) is 0 Å². The Bertz CT molecular complexity index is 316. The van der Waals surface area contributed by atoms with E-state index in [0.29, 0.717) is 24.6 Å². The van der Waals surface area contributed by atoms with Crippen LogP contribution >= 0.6 is 11.8 Å². The van der Waals surface area contributed by atoms with E-state index in [-0.39, 0.29) is 11.7 Å². The highest BCUT2D eigenvalue weighted by molar-refractivity contribution is 7.99. The molecule has 1 atom stereocenters. The first-order valence-corrected chi connectivity index (χ1v) is 8.56. The van der Waals surface area contributed by atoms with Crippen molar-refractivity contribution < 1.29 is 10.0 Å². The highest BCUT2D eigenvalue weighted by atomic mass is 32.2. The fraction of sp³-hybridized carbons (Fsp3) is 0.857. The largest absolute Gasteiger partial charge is 0.409 e. The fourth-order valence-electron chi connectivity index (χ4n) is 2.35. The van der Waals surface area contributed by atoms with Gasteiger partial charge in [-0.2, -0.15) is 11.8 Å². The summed E-state index contributed by atoms with van der Waals surface area (Å²) in [5, 5.41) is 15.6. The molecule has 1 amide bonds. The Morgan fingerprint density at radius 2 is 1.95 bits per heavy atom. The fourth-order valence-corrected chi connectivity index (χ4v) is 2.70. The summed E-state index contributed by atoms with van der Waals surface area (Å²) in [6, 6.07) is 0. The molecule has 0 aromatic heterocycles. The molecule has 0 aromatic carbocycles. The van der Waals surface area contributed by atoms with Gasteiger partial charge in [-0.05, 0) is 25.5 Å². The molecular weight excluding hydrogens is 274 g/mol. The first-order valence-electron chi connectivity index (χ1n) is 7.27. The zero-order chi connectivity index (χ0) is 15.6. The lowest BCUT2D eigenvalue weighted by atomic mass is 9.77. The average molecular weight is 303 g/mol. The van der Waals surface area contributed by atoms with Gasteiger partial charge in [-0.15, -0.1) is 0 Å². The second kappa shape index (κ2) is 9.91. The first kappa shape index (κ1) is 19.1. The molecule has 0 spiro atoms. The number of rotatable bonds is 10. The van der Waals surface area contributed by atoms with Crippen molar-refractivity contribution in [3.8, 4) is 0 Å². The third kappa shape index (κ3) is 5.23. The van der Waals surface area contributed by atoms with Gasteiger partial charge >= 0.3 is 0 Å². The molecule has 0 bridgehead atoms. The summed E-state index contributed by atoms with van der Waals surface area (Å²) in [6.07, 6.45) is 5.79. The van der Waals surface area contributed by atoms with Gasteiger partial charge in [0.2, 0.25) is 5.91 Å². The minimum Gasteiger partial charge on any atom is -0.409 e. The lowest BCUT2D eigenvalue weighted by molar-refractivity contribution is -0.128. The molecule has 0 aliphatic carbocycles. The first-order chi connectivity index (χ1) is 9.48. The predicted octanol–water partition coefficient (Wildman–Crippen LogP) is 2.58. The number of hydrogen-bond donors (Lipinski definition) is 3. The van der Waals surface area contributed by atoms with E-state index in [1.165, 1.54) is 0 Å². The quantitative estimate of drug-likeness (QED) is 0.250. The van der Waals surface area contributed by atoms with Crippen molar-refractivity contribution in [1.82, 2.24) is 5.32 Å². The van der Waals surface area contributed by atoms with Crippen molar-refractivity contribution in [2.24, 2.45) is 16.3 Å². The Morgan fingerprint density at radius 1 is 1.40 bits per heavy atom. The lowest BCUT2D eigenvalue weighted by Gasteiger charge is -2.30. The van der Waals surface area contributed by atoms with Crippen molar-refractivity contribution in [2.75, 3.05) is 12.8 Å². The monoisotopic (exact) mass is 303 g/mol. The van der Waals surface area contributed by atoms with Crippen molar-refractivity contribution in [3.05, 3.63) is 0 Å². The van der Waals surface area contributed by atoms with Gasteiger partial charge in [-0.3, -0.25) is 4.79 Å². The molecule has 5 nitrogen and oxygen atoms in total. The molecule has 0 aliphatic rings. The van der Waals surface area contributed by atoms with Crippen LogP contribution in [0, 0.1) is 5.41 Å². The third-order valence-electron chi connectivity index (χ3n) is 3.63. The van der Waals surface area contributed by atoms with Crippen LogP contribution in [0.5, 0.6) is 0 Å². The van der Waals surface area contributed by atoms with E-state index < -0.39 is 5.41 Å². The van der Waals surface area contributed by atoms with E-state index in [9.17, 15) is 4.79 Å². The van der Waals surface area contributed by atoms with Crippen LogP contribution in [0.1, 0.15) is 52.9 Å². The predicted molar refractivity (Wildman–Crippen MR) is 86.3 cm³/mol. The number of hydrogen-bond acceptors (Lipinski definition) is 4. The summed E-state index contributed by atoms with van der Waals surface area (Å²) < 4.78 is 0. The minimum absolute atomic E-state index is 0.0246. The summed E-state index contributed by atoms with van der Waals surface area (Å²) >= 11 is 1.78. The number of carbonyl (C=O) groups excluding carboxylic acids is 1. The van der Waals surface area contributed by atoms with Crippen LogP contribution in [0.3, 0.4) is 0 Å². The van der Waals surface area contributed by atoms with Gasteiger partial charge in [0.1, 0.15) is 5.41 Å². The van der Waals surface area contributed by atoms with Crippen molar-refractivity contribution in [3.63, 3.8) is 0 Å². The zero-order valence-electron chi connectivity index (χ0n) is 13.1. The second-order valence-corrected chi connectivity index (χ2v) is 6.43. The summed E-state index contributed by atoms with van der Waals surface area (Å²) in [4.78, 5) is 12.5. The van der Waals surface area contributed by atoms with Gasteiger partial charge in [0.05, 0.1) is 0 Å². The summed E-state index contributed by atoms with van der Waals surface area (Å²) in [5.41, 5.74) is 4.94. The summed E-state index contributed by atoms with van der Waals surface area (Å²) in [5.74, 6) is -0.0959. The highest BCUT2D eigenvalue weighted by Gasteiger charge is 2.41. The van der Waals surface area contributed by atoms with Crippen LogP contribution in [-0.2, 0) is 4.79 Å². The number of nitrogens with zero attached hydrogens (tertiary/aromatic N) is 1. The highest BCUT2D eigenvalue weighted by Crippen LogP contribution is 2.30. The van der Waals surface area contributed by atoms with Crippen molar-refractivity contribution in [2.45, 2.75) is 58.1 Å². The topological polar surface area (TPSA) is 87.7 Å². The molecule has 0 heterocycles. The normalized spacial score (nSPS) is 14.1. The lowest BCUT2D eigenvalue weighted by Crippen LogP contribution is -2.50. The smallest absolute Gasteiger partial charge is 0.233 e. The molecule has 0 aliphatic heterocycles. The van der Waals surface area contributed by atoms with Crippen molar-refractivity contribution >= 4 is 23.5 Å². The van der Waals surface area contributed by atoms with Crippen molar-refractivity contribution in [1.29, 1.82) is 0 Å². The van der Waals surface area contributed by atoms with Crippen LogP contribution in [0.25, 0.3) is 0 Å². The summed E-state index contributed by atoms with van der Waals surface area (Å²) in [6.45, 7) is 6.75. The molecule has 20 heavy (non-hydrogen) atoms. The van der Waals surface area contributed by atoms with Gasteiger partial charge in [-0.25, -0.2) is 0 Å². The van der Waals surface area contributed by atoms with E-state index in [1.807, 2.05) is 13.8 Å². The second-order valence-electron chi connectivity index (χ2n) is 5.16. The number of carbonyl (C=O) groups is 1. The maximum Gasteiger partial charge on any atom is 0.233 e. The van der Waals surface area contributed by atoms with E-state index in [0.717, 1.165) is 19.3 Å². The van der Waals surface area contributed by atoms with Gasteiger partial charge in [0.15, 0.2) is 5.84 Å². The van der Waals surface area contributed by atoms with Crippen LogP contribution in [0.15, 0.2) is 5.16 Å². The average Bonchev–Trinajstić information content (AvgIpc) is 2.45. The molecule has 1 unspecified atom stereocenters. The van der Waals surface area contributed by atoms with Crippen LogP contribution < -0.4 is 11.1 Å². The van der Waals surface area contributed by atoms with Crippen LogP contribution in [0.2, 0.25) is 0 Å². The van der Waals surface area contributed by atoms with E-state index >= 15 is 0 Å². The number of nitrogens with one attached hydrogen (secondary N) is 1. The maximum atomic E-state index is 12.5. The molecular formula is C14H29N3O2S. The molecule has 0 fully saturated rings. The Morgan fingerprint density at radius 3 is 2.35 bits per heavy atom. The number of amidine groups is 1. The molecule has 0 saturated heterocycles. The Kier molecular flexibility index (Phi) is 9.46. The van der Waals surface area contributed by atoms with E-state index in [1.54, 1.807) is 11.8 Å². The summed E-state index contributed by atoms with van der Waals surface area (Å²) in [7, 11) is 0. The molecule has 0 rings (SSSR count). The zero-order valence-corrected chi connectivity index (χ0v) is 13.9.